The zero-order chi connectivity index (χ0) is 21.1. The molecule has 1 unspecified atom stereocenters. The predicted octanol–water partition coefficient (Wildman–Crippen LogP) is 6.54. The molecule has 2 N–H and O–H groups in total. The highest BCUT2D eigenvalue weighted by Crippen LogP contribution is 2.46. The highest BCUT2D eigenvalue weighted by molar-refractivity contribution is 6.68. The smallest absolute Gasteiger partial charge is 0.201 e. The average molecular weight is 445 g/mol. The monoisotopic (exact) mass is 443 g/mol. The SMILES string of the molecule is COc1ccc(C(c2ccc(OC(N)(C(C)C)C(C)C)cc2)C(Cl)(Cl)Cl)cc1. The maximum absolute atomic E-state index is 6.50. The number of hydrogen-bond acceptors (Lipinski definition) is 3. The Morgan fingerprint density at radius 3 is 1.46 bits per heavy atom. The zero-order valence-corrected chi connectivity index (χ0v) is 19.1. The van der Waals surface area contributed by atoms with Gasteiger partial charge < -0.3 is 9.47 Å². The molecule has 1 atom stereocenters. The molecule has 0 aliphatic heterocycles. The molecule has 2 aromatic carbocycles. The maximum atomic E-state index is 6.50. The minimum atomic E-state index is -1.51. The molecule has 0 aliphatic rings. The fourth-order valence-corrected chi connectivity index (χ4v) is 3.96. The summed E-state index contributed by atoms with van der Waals surface area (Å²) in [6.07, 6.45) is 0. The molecule has 0 saturated heterocycles. The van der Waals surface area contributed by atoms with Crippen molar-refractivity contribution >= 4 is 34.8 Å². The van der Waals surface area contributed by atoms with Crippen molar-refractivity contribution in [2.24, 2.45) is 17.6 Å². The standard InChI is InChI=1S/C22H28Cl3NO2/c1-14(2)21(26,15(3)4)28-19-12-8-17(9-13-19)20(22(23,24)25)16-6-10-18(27-5)11-7-16/h6-15,20H,26H2,1-5H3. The van der Waals surface area contributed by atoms with Crippen LogP contribution in [0.15, 0.2) is 48.5 Å². The van der Waals surface area contributed by atoms with E-state index in [-0.39, 0.29) is 11.8 Å². The Morgan fingerprint density at radius 1 is 0.750 bits per heavy atom. The van der Waals surface area contributed by atoms with Gasteiger partial charge in [-0.15, -0.1) is 0 Å². The molecule has 0 radical (unpaired) electrons. The first-order chi connectivity index (χ1) is 13.0. The quantitative estimate of drug-likeness (QED) is 0.389. The Kier molecular flexibility index (Phi) is 7.55. The number of rotatable bonds is 7. The van der Waals surface area contributed by atoms with Crippen molar-refractivity contribution < 1.29 is 9.47 Å². The zero-order valence-electron chi connectivity index (χ0n) is 16.9. The van der Waals surface area contributed by atoms with Crippen LogP contribution in [-0.4, -0.2) is 16.6 Å². The van der Waals surface area contributed by atoms with Crippen LogP contribution in [0.2, 0.25) is 0 Å². The van der Waals surface area contributed by atoms with Crippen LogP contribution in [-0.2, 0) is 0 Å². The number of halogens is 3. The van der Waals surface area contributed by atoms with Crippen LogP contribution in [0.5, 0.6) is 11.5 Å². The van der Waals surface area contributed by atoms with Crippen LogP contribution in [0.4, 0.5) is 0 Å². The molecule has 0 fully saturated rings. The number of benzene rings is 2. The first-order valence-corrected chi connectivity index (χ1v) is 10.4. The van der Waals surface area contributed by atoms with Crippen LogP contribution in [0, 0.1) is 11.8 Å². The topological polar surface area (TPSA) is 44.5 Å². The van der Waals surface area contributed by atoms with Crippen molar-refractivity contribution in [2.75, 3.05) is 7.11 Å². The van der Waals surface area contributed by atoms with E-state index < -0.39 is 15.4 Å². The van der Waals surface area contributed by atoms with E-state index in [2.05, 4.69) is 27.7 Å². The minimum absolute atomic E-state index is 0.153. The molecule has 0 spiro atoms. The van der Waals surface area contributed by atoms with Crippen molar-refractivity contribution in [1.29, 1.82) is 0 Å². The van der Waals surface area contributed by atoms with E-state index in [1.54, 1.807) is 7.11 Å². The number of alkyl halides is 3. The number of ether oxygens (including phenoxy) is 2. The van der Waals surface area contributed by atoms with Gasteiger partial charge in [0.2, 0.25) is 3.79 Å². The average Bonchev–Trinajstić information content (AvgIpc) is 2.62. The minimum Gasteiger partial charge on any atom is -0.497 e. The van der Waals surface area contributed by atoms with Crippen LogP contribution in [0.1, 0.15) is 44.7 Å². The molecule has 0 amide bonds. The predicted molar refractivity (Wildman–Crippen MR) is 119 cm³/mol. The maximum Gasteiger partial charge on any atom is 0.201 e. The second-order valence-corrected chi connectivity index (χ2v) is 9.95. The molecular formula is C22H28Cl3NO2. The van der Waals surface area contributed by atoms with E-state index in [0.717, 1.165) is 16.9 Å². The molecule has 0 heterocycles. The van der Waals surface area contributed by atoms with E-state index in [9.17, 15) is 0 Å². The normalized spacial score (nSPS) is 13.7. The lowest BCUT2D eigenvalue weighted by atomic mass is 9.89. The summed E-state index contributed by atoms with van der Waals surface area (Å²) in [5.74, 6) is 1.31. The van der Waals surface area contributed by atoms with E-state index in [0.29, 0.717) is 5.75 Å². The number of hydrogen-bond donors (Lipinski definition) is 1. The van der Waals surface area contributed by atoms with Crippen molar-refractivity contribution in [3.05, 3.63) is 59.7 Å². The molecule has 2 rings (SSSR count). The Morgan fingerprint density at radius 2 is 1.14 bits per heavy atom. The van der Waals surface area contributed by atoms with Crippen LogP contribution in [0.3, 0.4) is 0 Å². The third kappa shape index (κ3) is 5.27. The van der Waals surface area contributed by atoms with Gasteiger partial charge in [0.15, 0.2) is 5.72 Å². The fraction of sp³-hybridized carbons (Fsp3) is 0.455. The van der Waals surface area contributed by atoms with Crippen LogP contribution < -0.4 is 15.2 Å². The lowest BCUT2D eigenvalue weighted by Gasteiger charge is -2.38. The number of nitrogens with two attached hydrogens (primary N) is 1. The summed E-state index contributed by atoms with van der Waals surface area (Å²) in [7, 11) is 1.62. The van der Waals surface area contributed by atoms with Gasteiger partial charge in [0.25, 0.3) is 0 Å². The molecule has 0 bridgehead atoms. The van der Waals surface area contributed by atoms with Gasteiger partial charge in [-0.25, -0.2) is 0 Å². The lowest BCUT2D eigenvalue weighted by Crippen LogP contribution is -2.55. The van der Waals surface area contributed by atoms with Crippen molar-refractivity contribution in [1.82, 2.24) is 0 Å². The summed E-state index contributed by atoms with van der Waals surface area (Å²) in [6.45, 7) is 8.21. The molecule has 0 saturated carbocycles. The van der Waals surface area contributed by atoms with Gasteiger partial charge >= 0.3 is 0 Å². The molecule has 154 valence electrons. The van der Waals surface area contributed by atoms with Crippen molar-refractivity contribution in [3.63, 3.8) is 0 Å². The highest BCUT2D eigenvalue weighted by Gasteiger charge is 2.37. The van der Waals surface area contributed by atoms with Crippen molar-refractivity contribution in [2.45, 2.75) is 43.1 Å². The summed E-state index contributed by atoms with van der Waals surface area (Å²) >= 11 is 19.0. The van der Waals surface area contributed by atoms with Gasteiger partial charge in [-0.1, -0.05) is 86.8 Å². The third-order valence-electron chi connectivity index (χ3n) is 5.09. The molecule has 3 nitrogen and oxygen atoms in total. The molecule has 2 aromatic rings. The summed E-state index contributed by atoms with van der Waals surface area (Å²) in [6, 6.07) is 15.1. The Bertz CT molecular complexity index is 745. The van der Waals surface area contributed by atoms with Gasteiger partial charge in [-0.05, 0) is 35.4 Å². The first-order valence-electron chi connectivity index (χ1n) is 9.27. The fourth-order valence-electron chi connectivity index (χ4n) is 3.20. The van der Waals surface area contributed by atoms with E-state index in [4.69, 9.17) is 50.0 Å². The highest BCUT2D eigenvalue weighted by atomic mass is 35.6. The van der Waals surface area contributed by atoms with E-state index in [1.807, 2.05) is 48.5 Å². The van der Waals surface area contributed by atoms with Gasteiger partial charge in [-0.3, -0.25) is 5.73 Å². The van der Waals surface area contributed by atoms with Gasteiger partial charge in [0, 0.05) is 11.8 Å². The largest absolute Gasteiger partial charge is 0.497 e. The second-order valence-electron chi connectivity index (χ2n) is 7.58. The summed E-state index contributed by atoms with van der Waals surface area (Å²) in [5.41, 5.74) is 7.50. The van der Waals surface area contributed by atoms with Crippen LogP contribution >= 0.6 is 34.8 Å². The lowest BCUT2D eigenvalue weighted by molar-refractivity contribution is -0.0154. The third-order valence-corrected chi connectivity index (χ3v) is 5.74. The van der Waals surface area contributed by atoms with E-state index >= 15 is 0 Å². The molecule has 0 aliphatic carbocycles. The Balaban J connectivity index is 2.34. The van der Waals surface area contributed by atoms with E-state index in [1.165, 1.54) is 0 Å². The van der Waals surface area contributed by atoms with Crippen molar-refractivity contribution in [3.8, 4) is 11.5 Å². The summed E-state index contributed by atoms with van der Waals surface area (Å²) < 4.78 is 9.85. The Hall–Kier alpha value is -1.13. The van der Waals surface area contributed by atoms with Crippen LogP contribution in [0.25, 0.3) is 0 Å². The molecule has 6 heteroatoms. The van der Waals surface area contributed by atoms with Gasteiger partial charge in [-0.2, -0.15) is 0 Å². The first kappa shape index (κ1) is 23.2. The summed E-state index contributed by atoms with van der Waals surface area (Å²) in [5, 5.41) is 0. The summed E-state index contributed by atoms with van der Waals surface area (Å²) in [4.78, 5) is 0. The van der Waals surface area contributed by atoms with Gasteiger partial charge in [0.1, 0.15) is 11.5 Å². The molecular weight excluding hydrogens is 417 g/mol. The Labute approximate surface area is 183 Å². The second kappa shape index (κ2) is 9.13. The molecule has 28 heavy (non-hydrogen) atoms. The number of methoxy groups -OCH3 is 1. The van der Waals surface area contributed by atoms with Gasteiger partial charge in [0.05, 0.1) is 13.0 Å². The molecule has 0 aromatic heterocycles.